The van der Waals surface area contributed by atoms with E-state index in [0.717, 1.165) is 51.4 Å². The Bertz CT molecular complexity index is 959. The molecule has 32 heavy (non-hydrogen) atoms. The third-order valence-corrected chi connectivity index (χ3v) is 6.38. The number of benzene rings is 2. The average molecular weight is 440 g/mol. The van der Waals surface area contributed by atoms with E-state index >= 15 is 0 Å². The number of rotatable bonds is 6. The summed E-state index contributed by atoms with van der Waals surface area (Å²) in [7, 11) is 0. The largest absolute Gasteiger partial charge is 0.519 e. The monoisotopic (exact) mass is 440 g/mol. The number of carbonyl (C=O) groups excluding carboxylic acids is 1. The van der Waals surface area contributed by atoms with E-state index in [4.69, 9.17) is 9.47 Å². The summed E-state index contributed by atoms with van der Waals surface area (Å²) in [5.41, 5.74) is 1.17. The molecule has 0 saturated heterocycles. The molecular weight excluding hydrogens is 416 g/mol. The summed E-state index contributed by atoms with van der Waals surface area (Å²) in [4.78, 5) is 34.1. The third-order valence-electron chi connectivity index (χ3n) is 6.38. The third kappa shape index (κ3) is 4.71. The number of hydrogen-bond donors (Lipinski definition) is 0. The lowest BCUT2D eigenvalue weighted by molar-refractivity contribution is -0.385. The fraction of sp³-hybridized carbons (Fsp3) is 0.435. The van der Waals surface area contributed by atoms with Crippen molar-refractivity contribution >= 4 is 17.5 Å². The molecule has 9 heteroatoms. The van der Waals surface area contributed by atoms with Crippen LogP contribution in [0.15, 0.2) is 36.4 Å². The standard InChI is InChI=1S/C23H24N2O7/c26-23(31-21-11-9-17(24(27)28)13-19(21)15-5-1-2-6-15)32-22-12-10-18(25(29)30)14-20(22)16-7-3-4-8-16/h9-16H,1-8H2. The highest BCUT2D eigenvalue weighted by atomic mass is 16.7. The van der Waals surface area contributed by atoms with Gasteiger partial charge in [-0.25, -0.2) is 4.79 Å². The van der Waals surface area contributed by atoms with Crippen LogP contribution in [0.3, 0.4) is 0 Å². The van der Waals surface area contributed by atoms with Crippen LogP contribution >= 0.6 is 0 Å². The normalized spacial score (nSPS) is 16.8. The van der Waals surface area contributed by atoms with Gasteiger partial charge in [-0.3, -0.25) is 20.2 Å². The molecule has 0 bridgehead atoms. The Morgan fingerprint density at radius 3 is 1.44 bits per heavy atom. The number of ether oxygens (including phenoxy) is 2. The Balaban J connectivity index is 1.57. The van der Waals surface area contributed by atoms with Crippen molar-refractivity contribution in [2.45, 2.75) is 63.2 Å². The van der Waals surface area contributed by atoms with E-state index in [1.54, 1.807) is 0 Å². The van der Waals surface area contributed by atoms with Crippen LogP contribution in [0.1, 0.15) is 74.3 Å². The average Bonchev–Trinajstić information content (AvgIpc) is 3.48. The Labute approximate surface area is 184 Å². The fourth-order valence-corrected chi connectivity index (χ4v) is 4.80. The van der Waals surface area contributed by atoms with Crippen LogP contribution in [-0.2, 0) is 0 Å². The minimum atomic E-state index is -0.966. The molecular formula is C23H24N2O7. The highest BCUT2D eigenvalue weighted by molar-refractivity contribution is 5.69. The molecule has 0 aromatic heterocycles. The summed E-state index contributed by atoms with van der Waals surface area (Å²) in [5.74, 6) is 0.672. The summed E-state index contributed by atoms with van der Waals surface area (Å²) < 4.78 is 10.9. The van der Waals surface area contributed by atoms with Crippen molar-refractivity contribution in [1.29, 1.82) is 0 Å². The van der Waals surface area contributed by atoms with Gasteiger partial charge in [0, 0.05) is 35.4 Å². The van der Waals surface area contributed by atoms with Crippen molar-refractivity contribution in [1.82, 2.24) is 0 Å². The van der Waals surface area contributed by atoms with Crippen molar-refractivity contribution in [3.8, 4) is 11.5 Å². The summed E-state index contributed by atoms with van der Waals surface area (Å²) >= 11 is 0. The number of nitro benzene ring substituents is 2. The molecule has 0 N–H and O–H groups in total. The molecule has 0 radical (unpaired) electrons. The van der Waals surface area contributed by atoms with Crippen LogP contribution in [0.25, 0.3) is 0 Å². The Morgan fingerprint density at radius 2 is 1.09 bits per heavy atom. The Kier molecular flexibility index (Phi) is 6.34. The molecule has 2 aromatic rings. The number of hydrogen-bond acceptors (Lipinski definition) is 7. The van der Waals surface area contributed by atoms with Crippen LogP contribution in [0.5, 0.6) is 11.5 Å². The van der Waals surface area contributed by atoms with Gasteiger partial charge < -0.3 is 9.47 Å². The molecule has 0 spiro atoms. The maximum atomic E-state index is 12.6. The molecule has 168 valence electrons. The molecule has 0 aliphatic heterocycles. The first-order chi connectivity index (χ1) is 15.4. The van der Waals surface area contributed by atoms with Crippen LogP contribution in [0, 0.1) is 20.2 Å². The molecule has 2 fully saturated rings. The minimum Gasteiger partial charge on any atom is -0.394 e. The van der Waals surface area contributed by atoms with Crippen molar-refractivity contribution < 1.29 is 24.1 Å². The van der Waals surface area contributed by atoms with Gasteiger partial charge >= 0.3 is 6.16 Å². The molecule has 2 aliphatic rings. The van der Waals surface area contributed by atoms with Crippen molar-refractivity contribution in [3.63, 3.8) is 0 Å². The molecule has 2 saturated carbocycles. The zero-order valence-corrected chi connectivity index (χ0v) is 17.5. The second-order valence-corrected chi connectivity index (χ2v) is 8.38. The molecule has 4 rings (SSSR count). The van der Waals surface area contributed by atoms with Gasteiger partial charge in [0.2, 0.25) is 0 Å². The Hall–Kier alpha value is -3.49. The van der Waals surface area contributed by atoms with Crippen molar-refractivity contribution in [3.05, 3.63) is 67.8 Å². The Morgan fingerprint density at radius 1 is 0.719 bits per heavy atom. The second kappa shape index (κ2) is 9.33. The summed E-state index contributed by atoms with van der Waals surface area (Å²) in [6.07, 6.45) is 6.61. The highest BCUT2D eigenvalue weighted by Crippen LogP contribution is 2.42. The first kappa shape index (κ1) is 21.7. The van der Waals surface area contributed by atoms with E-state index in [2.05, 4.69) is 0 Å². The molecule has 0 heterocycles. The predicted octanol–water partition coefficient (Wildman–Crippen LogP) is 6.40. The molecule has 2 aromatic carbocycles. The molecule has 2 aliphatic carbocycles. The minimum absolute atomic E-state index is 0.0495. The first-order valence-electron chi connectivity index (χ1n) is 10.9. The number of nitrogens with zero attached hydrogens (tertiary/aromatic N) is 2. The molecule has 0 amide bonds. The SMILES string of the molecule is O=C(Oc1ccc([N+](=O)[O-])cc1C1CCCC1)Oc1ccc([N+](=O)[O-])cc1C1CCCC1. The summed E-state index contributed by atoms with van der Waals surface area (Å²) in [6.45, 7) is 0. The van der Waals surface area contributed by atoms with E-state index in [1.807, 2.05) is 0 Å². The number of carbonyl (C=O) groups is 1. The maximum Gasteiger partial charge on any atom is 0.519 e. The van der Waals surface area contributed by atoms with Crippen LogP contribution in [0.2, 0.25) is 0 Å². The quantitative estimate of drug-likeness (QED) is 0.220. The van der Waals surface area contributed by atoms with E-state index in [9.17, 15) is 25.0 Å². The van der Waals surface area contributed by atoms with Crippen LogP contribution in [-0.4, -0.2) is 16.0 Å². The van der Waals surface area contributed by atoms with Gasteiger partial charge in [-0.1, -0.05) is 25.7 Å². The van der Waals surface area contributed by atoms with Gasteiger partial charge in [0.25, 0.3) is 11.4 Å². The van der Waals surface area contributed by atoms with E-state index in [1.165, 1.54) is 36.4 Å². The second-order valence-electron chi connectivity index (χ2n) is 8.38. The van der Waals surface area contributed by atoms with E-state index in [-0.39, 0.29) is 34.7 Å². The lowest BCUT2D eigenvalue weighted by atomic mass is 9.96. The van der Waals surface area contributed by atoms with E-state index in [0.29, 0.717) is 11.1 Å². The van der Waals surface area contributed by atoms with Gasteiger partial charge in [-0.2, -0.15) is 0 Å². The van der Waals surface area contributed by atoms with Crippen LogP contribution < -0.4 is 9.47 Å². The topological polar surface area (TPSA) is 122 Å². The van der Waals surface area contributed by atoms with Crippen LogP contribution in [0.4, 0.5) is 16.2 Å². The number of non-ortho nitro benzene ring substituents is 2. The zero-order valence-electron chi connectivity index (χ0n) is 17.5. The van der Waals surface area contributed by atoms with Crippen molar-refractivity contribution in [2.75, 3.05) is 0 Å². The summed E-state index contributed by atoms with van der Waals surface area (Å²) in [6, 6.07) is 8.40. The lowest BCUT2D eigenvalue weighted by Gasteiger charge is -2.17. The lowest BCUT2D eigenvalue weighted by Crippen LogP contribution is -2.16. The number of nitro groups is 2. The molecule has 0 atom stereocenters. The van der Waals surface area contributed by atoms with Gasteiger partial charge in [-0.15, -0.1) is 0 Å². The predicted molar refractivity (Wildman–Crippen MR) is 115 cm³/mol. The molecule has 0 unspecified atom stereocenters. The van der Waals surface area contributed by atoms with Gasteiger partial charge in [0.1, 0.15) is 11.5 Å². The highest BCUT2D eigenvalue weighted by Gasteiger charge is 2.27. The smallest absolute Gasteiger partial charge is 0.394 e. The van der Waals surface area contributed by atoms with Gasteiger partial charge in [0.15, 0.2) is 0 Å². The van der Waals surface area contributed by atoms with Gasteiger partial charge in [-0.05, 0) is 49.7 Å². The first-order valence-corrected chi connectivity index (χ1v) is 10.9. The van der Waals surface area contributed by atoms with Gasteiger partial charge in [0.05, 0.1) is 9.85 Å². The fourth-order valence-electron chi connectivity index (χ4n) is 4.80. The maximum absolute atomic E-state index is 12.6. The zero-order chi connectivity index (χ0) is 22.7. The summed E-state index contributed by atoms with van der Waals surface area (Å²) in [5, 5.41) is 22.4. The van der Waals surface area contributed by atoms with E-state index < -0.39 is 16.0 Å². The molecule has 9 nitrogen and oxygen atoms in total. The van der Waals surface area contributed by atoms with Crippen molar-refractivity contribution in [2.24, 2.45) is 0 Å².